The number of rotatable bonds is 2. The van der Waals surface area contributed by atoms with Crippen LogP contribution in [0.3, 0.4) is 0 Å². The van der Waals surface area contributed by atoms with E-state index in [9.17, 15) is 0 Å². The van der Waals surface area contributed by atoms with Crippen LogP contribution in [-0.4, -0.2) is 26.4 Å². The summed E-state index contributed by atoms with van der Waals surface area (Å²) in [7, 11) is 0. The first-order valence-electron chi connectivity index (χ1n) is 6.29. The van der Waals surface area contributed by atoms with Crippen LogP contribution in [0.25, 0.3) is 0 Å². The normalized spacial score (nSPS) is 21.3. The van der Waals surface area contributed by atoms with Crippen LogP contribution in [0, 0.1) is 0 Å². The van der Waals surface area contributed by atoms with Gasteiger partial charge in [0.05, 0.1) is 0 Å². The molecule has 2 unspecified atom stereocenters. The van der Waals surface area contributed by atoms with Gasteiger partial charge in [0.2, 0.25) is 0 Å². The molecular weight excluding hydrogens is 297 g/mol. The monoisotopic (exact) mass is 318 g/mol. The molecule has 2 atom stereocenters. The Kier molecular flexibility index (Phi) is 6.28. The second kappa shape index (κ2) is 7.48. The average molecular weight is 317 g/mol. The molecule has 1 aliphatic heterocycles. The number of hydrogen-bond acceptors (Lipinski definition) is 0. The number of benzene rings is 2. The Balaban J connectivity index is 0.000000902. The first kappa shape index (κ1) is 16.0. The molecule has 2 radical (unpaired) electrons. The summed E-state index contributed by atoms with van der Waals surface area (Å²) >= 11 is 0.109. The van der Waals surface area contributed by atoms with Crippen molar-refractivity contribution in [1.82, 2.24) is 0 Å². The molecule has 2 aromatic rings. The van der Waals surface area contributed by atoms with E-state index < -0.39 is 0 Å². The Morgan fingerprint density at radius 3 is 1.37 bits per heavy atom. The fourth-order valence-corrected chi connectivity index (χ4v) is 6.67. The average Bonchev–Trinajstić information content (AvgIpc) is 2.90. The van der Waals surface area contributed by atoms with Gasteiger partial charge >= 0.3 is 110 Å². The van der Waals surface area contributed by atoms with Gasteiger partial charge in [-0.25, -0.2) is 0 Å². The fraction of sp³-hybridized carbons (Fsp3) is 0.250. The van der Waals surface area contributed by atoms with Gasteiger partial charge in [-0.2, -0.15) is 0 Å². The van der Waals surface area contributed by atoms with Crippen molar-refractivity contribution >= 4 is 15.4 Å². The molecule has 100 valence electrons. The van der Waals surface area contributed by atoms with Crippen LogP contribution in [-0.2, 0) is 0 Å². The van der Waals surface area contributed by atoms with Gasteiger partial charge < -0.3 is 11.0 Å². The van der Waals surface area contributed by atoms with Gasteiger partial charge in [0.1, 0.15) is 0 Å². The van der Waals surface area contributed by atoms with Gasteiger partial charge in [-0.1, -0.05) is 0 Å². The van der Waals surface area contributed by atoms with Crippen LogP contribution >= 0.6 is 0 Å². The Bertz CT molecular complexity index is 427. The third kappa shape index (κ3) is 3.69. The van der Waals surface area contributed by atoms with Crippen molar-refractivity contribution in [2.24, 2.45) is 0 Å². The Morgan fingerprint density at radius 2 is 1.00 bits per heavy atom. The van der Waals surface area contributed by atoms with E-state index in [4.69, 9.17) is 0 Å². The van der Waals surface area contributed by atoms with Gasteiger partial charge in [0, 0.05) is 0 Å². The van der Waals surface area contributed by atoms with E-state index in [1.807, 2.05) is 0 Å². The molecule has 0 aliphatic carbocycles. The van der Waals surface area contributed by atoms with E-state index in [1.165, 1.54) is 12.8 Å². The van der Waals surface area contributed by atoms with Gasteiger partial charge in [0.15, 0.2) is 0 Å². The second-order valence-electron chi connectivity index (χ2n) is 4.67. The fourth-order valence-electron chi connectivity index (χ4n) is 2.64. The van der Waals surface area contributed by atoms with Crippen LogP contribution in [0.5, 0.6) is 0 Å². The summed E-state index contributed by atoms with van der Waals surface area (Å²) in [5.41, 5.74) is 3.15. The van der Waals surface area contributed by atoms with Crippen molar-refractivity contribution in [1.29, 1.82) is 0 Å². The summed E-state index contributed by atoms with van der Waals surface area (Å²) in [5.74, 6) is 0. The summed E-state index contributed by atoms with van der Waals surface area (Å²) in [6, 6.07) is 22.2. The zero-order valence-electron chi connectivity index (χ0n) is 10.8. The van der Waals surface area contributed by atoms with Crippen molar-refractivity contribution < 1.29 is 11.0 Å². The van der Waals surface area contributed by atoms with Crippen molar-refractivity contribution in [3.05, 3.63) is 71.8 Å². The van der Waals surface area contributed by atoms with Crippen LogP contribution in [0.4, 0.5) is 0 Å². The van der Waals surface area contributed by atoms with Crippen LogP contribution in [0.1, 0.15) is 33.5 Å². The minimum absolute atomic E-state index is 0. The van der Waals surface area contributed by atoms with E-state index >= 15 is 0 Å². The van der Waals surface area contributed by atoms with Crippen molar-refractivity contribution in [2.75, 3.05) is 0 Å². The summed E-state index contributed by atoms with van der Waals surface area (Å²) in [6.45, 7) is 0. The number of hydrogen-bond donors (Lipinski definition) is 0. The molecule has 0 bridgehead atoms. The van der Waals surface area contributed by atoms with E-state index in [-0.39, 0.29) is 26.4 Å². The molecule has 3 heteroatoms. The SMILES string of the molecule is O.O.c1ccc([CH]2CC[CH](c3ccccc3)[Ge]2)cc1. The molecule has 19 heavy (non-hydrogen) atoms. The van der Waals surface area contributed by atoms with Gasteiger partial charge in [-0.3, -0.25) is 0 Å². The predicted molar refractivity (Wildman–Crippen MR) is 80.6 cm³/mol. The van der Waals surface area contributed by atoms with E-state index in [0.717, 1.165) is 9.50 Å². The topological polar surface area (TPSA) is 63.0 Å². The summed E-state index contributed by atoms with van der Waals surface area (Å²) in [4.78, 5) is 0. The Labute approximate surface area is 121 Å². The predicted octanol–water partition coefficient (Wildman–Crippen LogP) is 2.32. The second-order valence-corrected chi connectivity index (χ2v) is 8.29. The van der Waals surface area contributed by atoms with E-state index in [2.05, 4.69) is 60.7 Å². The zero-order valence-corrected chi connectivity index (χ0v) is 12.9. The third-order valence-corrected chi connectivity index (χ3v) is 7.85. The molecule has 2 nitrogen and oxygen atoms in total. The van der Waals surface area contributed by atoms with Crippen molar-refractivity contribution in [2.45, 2.75) is 22.3 Å². The molecule has 3 rings (SSSR count). The maximum absolute atomic E-state index is 2.31. The third-order valence-electron chi connectivity index (χ3n) is 3.55. The van der Waals surface area contributed by atoms with Crippen molar-refractivity contribution in [3.8, 4) is 0 Å². The Morgan fingerprint density at radius 1 is 0.632 bits per heavy atom. The van der Waals surface area contributed by atoms with Gasteiger partial charge in [-0.15, -0.1) is 0 Å². The van der Waals surface area contributed by atoms with Crippen LogP contribution < -0.4 is 0 Å². The van der Waals surface area contributed by atoms with Gasteiger partial charge in [-0.05, 0) is 0 Å². The first-order chi connectivity index (χ1) is 8.43. The molecule has 1 saturated heterocycles. The Hall–Kier alpha value is -1.10. The molecule has 1 heterocycles. The first-order valence-corrected chi connectivity index (χ1v) is 8.72. The molecule has 0 spiro atoms. The summed E-state index contributed by atoms with van der Waals surface area (Å²) < 4.78 is 1.78. The quantitative estimate of drug-likeness (QED) is 0.763. The van der Waals surface area contributed by atoms with E-state index in [0.29, 0.717) is 0 Å². The van der Waals surface area contributed by atoms with Crippen LogP contribution in [0.15, 0.2) is 60.7 Å². The maximum atomic E-state index is 2.31. The molecule has 1 fully saturated rings. The van der Waals surface area contributed by atoms with Crippen molar-refractivity contribution in [3.63, 3.8) is 0 Å². The standard InChI is InChI=1S/C16H16Ge.2H2O/c1-3-7-13(8-4-1)15-11-12-16(17-15)14-9-5-2-6-10-14;;/h1-10,15-16H,11-12H2;2*1H2. The molecule has 0 aromatic heterocycles. The molecule has 0 saturated carbocycles. The molecule has 4 N–H and O–H groups in total. The molecular formula is C16H20GeO2. The summed E-state index contributed by atoms with van der Waals surface area (Å²) in [5, 5.41) is 0. The molecule has 2 aromatic carbocycles. The van der Waals surface area contributed by atoms with E-state index in [1.54, 1.807) is 11.1 Å². The van der Waals surface area contributed by atoms with Gasteiger partial charge in [0.25, 0.3) is 0 Å². The molecule has 1 aliphatic rings. The minimum atomic E-state index is 0. The molecule has 0 amide bonds. The zero-order chi connectivity index (χ0) is 11.5. The van der Waals surface area contributed by atoms with Crippen LogP contribution in [0.2, 0.25) is 0 Å². The summed E-state index contributed by atoms with van der Waals surface area (Å²) in [6.07, 6.45) is 2.78.